The zero-order chi connectivity index (χ0) is 22.3. The molecule has 1 aliphatic heterocycles. The van der Waals surface area contributed by atoms with Gasteiger partial charge in [-0.05, 0) is 25.7 Å². The molecule has 0 bridgehead atoms. The van der Waals surface area contributed by atoms with Gasteiger partial charge in [-0.3, -0.25) is 9.11 Å². The predicted octanol–water partition coefficient (Wildman–Crippen LogP) is 1.14. The molecular weight excluding hydrogens is 434 g/mol. The third kappa shape index (κ3) is 5.09. The van der Waals surface area contributed by atoms with Crippen molar-refractivity contribution < 1.29 is 25.9 Å². The van der Waals surface area contributed by atoms with E-state index in [0.717, 1.165) is 22.7 Å². The first-order valence-corrected chi connectivity index (χ1v) is 12.6. The summed E-state index contributed by atoms with van der Waals surface area (Å²) in [7, 11) is -9.86. The minimum atomic E-state index is -4.93. The summed E-state index contributed by atoms with van der Waals surface area (Å²) < 4.78 is 63.1. The third-order valence-electron chi connectivity index (χ3n) is 5.26. The highest BCUT2D eigenvalue weighted by Gasteiger charge is 2.38. The van der Waals surface area contributed by atoms with Crippen molar-refractivity contribution in [1.29, 1.82) is 0 Å². The van der Waals surface area contributed by atoms with Crippen molar-refractivity contribution >= 4 is 31.7 Å². The maximum atomic E-state index is 11.3. The van der Waals surface area contributed by atoms with Crippen LogP contribution in [-0.2, 0) is 20.2 Å². The van der Waals surface area contributed by atoms with Gasteiger partial charge in [0.15, 0.2) is 5.65 Å². The molecule has 0 radical (unpaired) electrons. The van der Waals surface area contributed by atoms with Crippen LogP contribution in [0.2, 0.25) is 0 Å². The number of fused-ring (bicyclic) bond motifs is 1. The second-order valence-corrected chi connectivity index (χ2v) is 11.4. The van der Waals surface area contributed by atoms with Crippen molar-refractivity contribution in [1.82, 2.24) is 19.5 Å². The molecule has 0 amide bonds. The molecule has 0 aliphatic carbocycles. The van der Waals surface area contributed by atoms with Crippen LogP contribution in [-0.4, -0.2) is 75.7 Å². The van der Waals surface area contributed by atoms with E-state index in [1.165, 1.54) is 0 Å². The van der Waals surface area contributed by atoms with Crippen LogP contribution in [0.25, 0.3) is 5.65 Å². The quantitative estimate of drug-likeness (QED) is 0.511. The van der Waals surface area contributed by atoms with Gasteiger partial charge in [0.05, 0.1) is 6.20 Å². The van der Waals surface area contributed by atoms with Crippen LogP contribution in [0.4, 0.5) is 5.82 Å². The number of piperidine rings is 1. The molecule has 168 valence electrons. The zero-order valence-electron chi connectivity index (χ0n) is 17.1. The molecular formula is C17H27N5O6S2. The lowest BCUT2D eigenvalue weighted by molar-refractivity contribution is 0.223. The summed E-state index contributed by atoms with van der Waals surface area (Å²) in [6.07, 6.45) is 3.04. The van der Waals surface area contributed by atoms with Gasteiger partial charge < -0.3 is 10.2 Å². The summed E-state index contributed by atoms with van der Waals surface area (Å²) in [6.45, 7) is 6.40. The molecule has 0 saturated carbocycles. The SMILES string of the molecule is Cc1cc(NC2CCN(CC(S(=O)(=O)O)S(=O)(=O)O)CC2)n2ncc(C(C)C)c2n1. The van der Waals surface area contributed by atoms with Gasteiger partial charge in [0, 0.05) is 43.0 Å². The molecule has 1 aliphatic rings. The number of hydrogen-bond acceptors (Lipinski definition) is 8. The smallest absolute Gasteiger partial charge is 0.286 e. The Bertz CT molecular complexity index is 1090. The number of nitrogens with one attached hydrogen (secondary N) is 1. The molecule has 1 fully saturated rings. The summed E-state index contributed by atoms with van der Waals surface area (Å²) in [5.74, 6) is 1.09. The second kappa shape index (κ2) is 8.38. The van der Waals surface area contributed by atoms with Gasteiger partial charge in [-0.25, -0.2) is 4.98 Å². The topological polar surface area (TPSA) is 154 Å². The van der Waals surface area contributed by atoms with E-state index in [4.69, 9.17) is 9.11 Å². The molecule has 13 heteroatoms. The van der Waals surface area contributed by atoms with Gasteiger partial charge in [-0.15, -0.1) is 0 Å². The van der Waals surface area contributed by atoms with Crippen LogP contribution in [0.3, 0.4) is 0 Å². The Morgan fingerprint density at radius 2 is 1.77 bits per heavy atom. The minimum absolute atomic E-state index is 0.0628. The first kappa shape index (κ1) is 22.9. The van der Waals surface area contributed by atoms with Crippen molar-refractivity contribution in [2.45, 2.75) is 50.2 Å². The van der Waals surface area contributed by atoms with Crippen LogP contribution in [0.15, 0.2) is 12.3 Å². The van der Waals surface area contributed by atoms with Crippen LogP contribution in [0.5, 0.6) is 0 Å². The summed E-state index contributed by atoms with van der Waals surface area (Å²) in [5, 5.41) is 7.90. The van der Waals surface area contributed by atoms with Crippen molar-refractivity contribution in [3.05, 3.63) is 23.5 Å². The van der Waals surface area contributed by atoms with Crippen molar-refractivity contribution in [2.75, 3.05) is 25.0 Å². The predicted molar refractivity (Wildman–Crippen MR) is 112 cm³/mol. The Morgan fingerprint density at radius 3 is 2.30 bits per heavy atom. The molecule has 2 aromatic rings. The molecule has 0 spiro atoms. The first-order valence-electron chi connectivity index (χ1n) is 9.63. The zero-order valence-corrected chi connectivity index (χ0v) is 18.7. The highest BCUT2D eigenvalue weighted by Crippen LogP contribution is 2.24. The van der Waals surface area contributed by atoms with E-state index in [1.807, 2.05) is 19.2 Å². The standard InChI is InChI=1S/C17H27N5O6S2/c1-11(2)14-9-18-22-15(8-12(3)19-17(14)22)20-13-4-6-21(7-5-13)10-16(29(23,24)25)30(26,27)28/h8-9,11,13,16,20H,4-7,10H2,1-3H3,(H,23,24,25)(H,26,27,28). The lowest BCUT2D eigenvalue weighted by Crippen LogP contribution is -2.46. The normalized spacial score (nSPS) is 17.3. The monoisotopic (exact) mass is 461 g/mol. The van der Waals surface area contributed by atoms with E-state index >= 15 is 0 Å². The number of likely N-dealkylation sites (tertiary alicyclic amines) is 1. The largest absolute Gasteiger partial charge is 0.367 e. The molecule has 3 N–H and O–H groups in total. The highest BCUT2D eigenvalue weighted by atomic mass is 32.3. The number of aromatic nitrogens is 3. The Labute approximate surface area is 176 Å². The van der Waals surface area contributed by atoms with E-state index in [2.05, 4.69) is 29.2 Å². The molecule has 0 unspecified atom stereocenters. The molecule has 1 saturated heterocycles. The van der Waals surface area contributed by atoms with Crippen molar-refractivity contribution in [3.8, 4) is 0 Å². The summed E-state index contributed by atoms with van der Waals surface area (Å²) in [4.78, 5) is 6.19. The van der Waals surface area contributed by atoms with Crippen molar-refractivity contribution in [2.24, 2.45) is 0 Å². The molecule has 11 nitrogen and oxygen atoms in total. The molecule has 0 atom stereocenters. The van der Waals surface area contributed by atoms with Crippen LogP contribution < -0.4 is 5.32 Å². The fourth-order valence-corrected chi connectivity index (χ4v) is 5.66. The Kier molecular flexibility index (Phi) is 6.39. The van der Waals surface area contributed by atoms with E-state index in [1.54, 1.807) is 9.42 Å². The highest BCUT2D eigenvalue weighted by molar-refractivity contribution is 8.04. The number of anilines is 1. The van der Waals surface area contributed by atoms with Crippen LogP contribution >= 0.6 is 0 Å². The van der Waals surface area contributed by atoms with Gasteiger partial charge in [0.2, 0.25) is 4.58 Å². The molecule has 2 aromatic heterocycles. The van der Waals surface area contributed by atoms with Gasteiger partial charge in [-0.2, -0.15) is 26.4 Å². The summed E-state index contributed by atoms with van der Waals surface area (Å²) >= 11 is 0. The average Bonchev–Trinajstić information content (AvgIpc) is 3.03. The van der Waals surface area contributed by atoms with Crippen LogP contribution in [0.1, 0.15) is 43.9 Å². The molecule has 30 heavy (non-hydrogen) atoms. The number of rotatable bonds is 7. The average molecular weight is 462 g/mol. The fourth-order valence-electron chi connectivity index (χ4n) is 3.63. The number of aryl methyl sites for hydroxylation is 1. The van der Waals surface area contributed by atoms with E-state index in [0.29, 0.717) is 25.9 Å². The molecule has 0 aromatic carbocycles. The fraction of sp³-hybridized carbons (Fsp3) is 0.647. The molecule has 3 heterocycles. The second-order valence-electron chi connectivity index (χ2n) is 7.95. The van der Waals surface area contributed by atoms with Crippen LogP contribution in [0, 0.1) is 6.92 Å². The Hall–Kier alpha value is -1.80. The lowest BCUT2D eigenvalue weighted by atomic mass is 10.1. The molecule has 3 rings (SSSR count). The Balaban J connectivity index is 1.70. The van der Waals surface area contributed by atoms with Gasteiger partial charge >= 0.3 is 0 Å². The van der Waals surface area contributed by atoms with Gasteiger partial charge in [-0.1, -0.05) is 13.8 Å². The van der Waals surface area contributed by atoms with E-state index in [-0.39, 0.29) is 12.0 Å². The first-order chi connectivity index (χ1) is 13.9. The third-order valence-corrected chi connectivity index (χ3v) is 8.35. The summed E-state index contributed by atoms with van der Waals surface area (Å²) in [6, 6.07) is 1.97. The van der Waals surface area contributed by atoms with Gasteiger partial charge in [0.25, 0.3) is 20.2 Å². The van der Waals surface area contributed by atoms with Gasteiger partial charge in [0.1, 0.15) is 5.82 Å². The Morgan fingerprint density at radius 1 is 1.17 bits per heavy atom. The van der Waals surface area contributed by atoms with E-state index < -0.39 is 31.4 Å². The maximum Gasteiger partial charge on any atom is 0.286 e. The maximum absolute atomic E-state index is 11.3. The number of nitrogens with zero attached hydrogens (tertiary/aromatic N) is 4. The van der Waals surface area contributed by atoms with E-state index in [9.17, 15) is 16.8 Å². The minimum Gasteiger partial charge on any atom is -0.367 e. The lowest BCUT2D eigenvalue weighted by Gasteiger charge is -2.33. The summed E-state index contributed by atoms with van der Waals surface area (Å²) in [5.41, 5.74) is 2.71. The number of hydrogen-bond donors (Lipinski definition) is 3. The van der Waals surface area contributed by atoms with Crippen molar-refractivity contribution in [3.63, 3.8) is 0 Å².